The summed E-state index contributed by atoms with van der Waals surface area (Å²) in [5.74, 6) is 0.987. The van der Waals surface area contributed by atoms with Crippen LogP contribution in [0.2, 0.25) is 0 Å². The van der Waals surface area contributed by atoms with Crippen LogP contribution in [0.3, 0.4) is 0 Å². The maximum absolute atomic E-state index is 13.7. The SMILES string of the molecule is CCN(CC)CCCN(c1ccc2c(c1)nc(CCc1ccc(C(=N)N)cc1)n2C)S(=O)(=O)c1ccccc1. The molecule has 0 spiro atoms. The van der Waals surface area contributed by atoms with Crippen LogP contribution in [0.5, 0.6) is 0 Å². The molecular weight excluding hydrogens is 508 g/mol. The molecule has 0 aliphatic rings. The Hall–Kier alpha value is -3.69. The van der Waals surface area contributed by atoms with Gasteiger partial charge in [0.05, 0.1) is 21.6 Å². The maximum atomic E-state index is 13.7. The molecule has 0 saturated carbocycles. The van der Waals surface area contributed by atoms with Gasteiger partial charge in [-0.25, -0.2) is 13.4 Å². The van der Waals surface area contributed by atoms with Gasteiger partial charge in [-0.05, 0) is 68.4 Å². The summed E-state index contributed by atoms with van der Waals surface area (Å²) in [5.41, 5.74) is 9.77. The zero-order chi connectivity index (χ0) is 28.0. The number of aryl methyl sites for hydroxylation is 3. The van der Waals surface area contributed by atoms with Gasteiger partial charge in [0.25, 0.3) is 10.0 Å². The van der Waals surface area contributed by atoms with Gasteiger partial charge >= 0.3 is 0 Å². The van der Waals surface area contributed by atoms with Crippen LogP contribution in [0.15, 0.2) is 77.7 Å². The largest absolute Gasteiger partial charge is 0.384 e. The molecule has 0 radical (unpaired) electrons. The van der Waals surface area contributed by atoms with Crippen LogP contribution in [0.4, 0.5) is 5.69 Å². The monoisotopic (exact) mass is 546 g/mol. The van der Waals surface area contributed by atoms with Gasteiger partial charge in [0.1, 0.15) is 11.7 Å². The fourth-order valence-electron chi connectivity index (χ4n) is 4.81. The third-order valence-electron chi connectivity index (χ3n) is 7.21. The quantitative estimate of drug-likeness (QED) is 0.189. The number of hydrogen-bond donors (Lipinski definition) is 2. The fourth-order valence-corrected chi connectivity index (χ4v) is 6.33. The third kappa shape index (κ3) is 6.49. The Kier molecular flexibility index (Phi) is 9.04. The molecule has 3 N–H and O–H groups in total. The number of nitrogens with zero attached hydrogens (tertiary/aromatic N) is 4. The lowest BCUT2D eigenvalue weighted by Crippen LogP contribution is -2.34. The van der Waals surface area contributed by atoms with E-state index in [1.54, 1.807) is 24.3 Å². The van der Waals surface area contributed by atoms with Crippen molar-refractivity contribution in [1.29, 1.82) is 5.41 Å². The second-order valence-electron chi connectivity index (χ2n) is 9.64. The van der Waals surface area contributed by atoms with Crippen molar-refractivity contribution in [2.75, 3.05) is 30.5 Å². The topological polar surface area (TPSA) is 108 Å². The Morgan fingerprint density at radius 2 is 1.64 bits per heavy atom. The molecule has 206 valence electrons. The van der Waals surface area contributed by atoms with E-state index in [4.69, 9.17) is 16.1 Å². The van der Waals surface area contributed by atoms with E-state index < -0.39 is 10.0 Å². The van der Waals surface area contributed by atoms with E-state index in [1.807, 2.05) is 55.6 Å². The second-order valence-corrected chi connectivity index (χ2v) is 11.5. The molecule has 3 aromatic carbocycles. The smallest absolute Gasteiger partial charge is 0.264 e. The highest BCUT2D eigenvalue weighted by Gasteiger charge is 2.25. The van der Waals surface area contributed by atoms with Crippen LogP contribution in [-0.2, 0) is 29.9 Å². The zero-order valence-corrected chi connectivity index (χ0v) is 23.8. The van der Waals surface area contributed by atoms with Gasteiger partial charge in [-0.2, -0.15) is 0 Å². The first-order valence-corrected chi connectivity index (χ1v) is 14.9. The first-order chi connectivity index (χ1) is 18.7. The highest BCUT2D eigenvalue weighted by atomic mass is 32.2. The first-order valence-electron chi connectivity index (χ1n) is 13.4. The molecule has 4 rings (SSSR count). The number of nitrogens with two attached hydrogens (primary N) is 1. The molecule has 1 aromatic heterocycles. The van der Waals surface area contributed by atoms with Crippen molar-refractivity contribution < 1.29 is 8.42 Å². The molecule has 8 nitrogen and oxygen atoms in total. The van der Waals surface area contributed by atoms with Gasteiger partial charge in [0, 0.05) is 25.6 Å². The van der Waals surface area contributed by atoms with Gasteiger partial charge in [-0.3, -0.25) is 9.71 Å². The number of sulfonamides is 1. The standard InChI is InChI=1S/C30H38N6O2S/c1-4-35(5-2)20-9-21-36(39(37,38)26-10-7-6-8-11-26)25-17-18-28-27(22-25)33-29(34(28)3)19-14-23-12-15-24(16-13-23)30(31)32/h6-8,10-13,15-18,22H,4-5,9,14,19-21H2,1-3H3,(H3,31,32). The van der Waals surface area contributed by atoms with Crippen molar-refractivity contribution in [3.8, 4) is 0 Å². The van der Waals surface area contributed by atoms with Crippen molar-refractivity contribution >= 4 is 32.6 Å². The van der Waals surface area contributed by atoms with Crippen LogP contribution in [-0.4, -0.2) is 54.9 Å². The van der Waals surface area contributed by atoms with Gasteiger partial charge < -0.3 is 15.2 Å². The molecule has 0 fully saturated rings. The molecule has 39 heavy (non-hydrogen) atoms. The predicted molar refractivity (Wildman–Crippen MR) is 159 cm³/mol. The van der Waals surface area contributed by atoms with Gasteiger partial charge in [0.2, 0.25) is 0 Å². The number of rotatable bonds is 13. The fraction of sp³-hybridized carbons (Fsp3) is 0.333. The van der Waals surface area contributed by atoms with Crippen LogP contribution in [0.25, 0.3) is 11.0 Å². The summed E-state index contributed by atoms with van der Waals surface area (Å²) in [5, 5.41) is 7.56. The van der Waals surface area contributed by atoms with E-state index in [0.29, 0.717) is 17.8 Å². The molecule has 0 aliphatic carbocycles. The van der Waals surface area contributed by atoms with Crippen molar-refractivity contribution in [3.63, 3.8) is 0 Å². The van der Waals surface area contributed by atoms with Crippen LogP contribution in [0.1, 0.15) is 37.2 Å². The number of aromatic nitrogens is 2. The van der Waals surface area contributed by atoms with Crippen LogP contribution >= 0.6 is 0 Å². The minimum atomic E-state index is -3.74. The summed E-state index contributed by atoms with van der Waals surface area (Å²) in [6.45, 7) is 7.33. The van der Waals surface area contributed by atoms with Crippen molar-refractivity contribution in [2.45, 2.75) is 38.0 Å². The number of hydrogen-bond acceptors (Lipinski definition) is 5. The van der Waals surface area contributed by atoms with Gasteiger partial charge in [-0.15, -0.1) is 0 Å². The number of anilines is 1. The third-order valence-corrected chi connectivity index (χ3v) is 9.05. The van der Waals surface area contributed by atoms with Crippen molar-refractivity contribution in [2.24, 2.45) is 12.8 Å². The predicted octanol–water partition coefficient (Wildman–Crippen LogP) is 4.57. The van der Waals surface area contributed by atoms with Crippen LogP contribution < -0.4 is 10.0 Å². The zero-order valence-electron chi connectivity index (χ0n) is 23.0. The molecule has 0 bridgehead atoms. The molecule has 0 saturated heterocycles. The normalized spacial score (nSPS) is 11.8. The van der Waals surface area contributed by atoms with E-state index in [2.05, 4.69) is 23.3 Å². The summed E-state index contributed by atoms with van der Waals surface area (Å²) in [6, 6.07) is 22.0. The number of benzene rings is 3. The molecule has 0 aliphatic heterocycles. The van der Waals surface area contributed by atoms with Gasteiger partial charge in [-0.1, -0.05) is 56.3 Å². The van der Waals surface area contributed by atoms with E-state index in [1.165, 1.54) is 4.31 Å². The molecule has 4 aromatic rings. The Labute approximate surface area is 231 Å². The van der Waals surface area contributed by atoms with E-state index in [9.17, 15) is 8.42 Å². The Bertz CT molecular complexity index is 1510. The summed E-state index contributed by atoms with van der Waals surface area (Å²) in [7, 11) is -1.75. The summed E-state index contributed by atoms with van der Waals surface area (Å²) < 4.78 is 31.1. The Morgan fingerprint density at radius 1 is 0.949 bits per heavy atom. The average Bonchev–Trinajstić information content (AvgIpc) is 3.27. The molecular formula is C30H38N6O2S. The number of nitrogens with one attached hydrogen (secondary N) is 1. The maximum Gasteiger partial charge on any atom is 0.264 e. The van der Waals surface area contributed by atoms with Crippen molar-refractivity contribution in [3.05, 3.63) is 89.7 Å². The number of amidine groups is 1. The molecule has 9 heteroatoms. The van der Waals surface area contributed by atoms with E-state index in [0.717, 1.165) is 61.3 Å². The highest BCUT2D eigenvalue weighted by Crippen LogP contribution is 2.28. The van der Waals surface area contributed by atoms with Crippen LogP contribution in [0, 0.1) is 5.41 Å². The summed E-state index contributed by atoms with van der Waals surface area (Å²) in [4.78, 5) is 7.47. The lowest BCUT2D eigenvalue weighted by Gasteiger charge is -2.26. The lowest BCUT2D eigenvalue weighted by molar-refractivity contribution is 0.302. The average molecular weight is 547 g/mol. The number of fused-ring (bicyclic) bond motifs is 1. The van der Waals surface area contributed by atoms with E-state index >= 15 is 0 Å². The Balaban J connectivity index is 1.61. The minimum Gasteiger partial charge on any atom is -0.384 e. The summed E-state index contributed by atoms with van der Waals surface area (Å²) >= 11 is 0. The molecule has 0 unspecified atom stereocenters. The molecule has 0 amide bonds. The molecule has 0 atom stereocenters. The minimum absolute atomic E-state index is 0.0593. The number of nitrogen functional groups attached to an aromatic ring is 1. The number of imidazole rings is 1. The highest BCUT2D eigenvalue weighted by molar-refractivity contribution is 7.92. The molecule has 1 heterocycles. The van der Waals surface area contributed by atoms with Crippen molar-refractivity contribution in [1.82, 2.24) is 14.5 Å². The summed E-state index contributed by atoms with van der Waals surface area (Å²) in [6.07, 6.45) is 2.25. The first kappa shape index (κ1) is 28.3. The Morgan fingerprint density at radius 3 is 2.28 bits per heavy atom. The second kappa shape index (κ2) is 12.4. The van der Waals surface area contributed by atoms with Gasteiger partial charge in [0.15, 0.2) is 0 Å². The van der Waals surface area contributed by atoms with E-state index in [-0.39, 0.29) is 10.7 Å². The lowest BCUT2D eigenvalue weighted by atomic mass is 10.1.